The van der Waals surface area contributed by atoms with Crippen LogP contribution in [0.4, 0.5) is 0 Å². The van der Waals surface area contributed by atoms with E-state index in [-0.39, 0.29) is 6.17 Å². The second-order valence-corrected chi connectivity index (χ2v) is 1.78. The summed E-state index contributed by atoms with van der Waals surface area (Å²) in [4.78, 5) is 5.76. The van der Waals surface area contributed by atoms with Gasteiger partial charge < -0.3 is 0 Å². The van der Waals surface area contributed by atoms with Crippen molar-refractivity contribution in [3.05, 3.63) is 0 Å². The Balaban J connectivity index is 3.33. The Bertz CT molecular complexity index is 59.1. The molecule has 0 aliphatic rings. The Hall–Kier alpha value is -0.370. The number of aliphatic imine (C=N–C) groups is 1. The third-order valence-electron chi connectivity index (χ3n) is 1.01. The molecule has 0 heterocycles. The lowest BCUT2D eigenvalue weighted by atomic mass is 10.5. The number of hydrogen-bond donors (Lipinski definition) is 0. The van der Waals surface area contributed by atoms with Gasteiger partial charge in [0.25, 0.3) is 0 Å². The molecule has 2 heteroatoms. The molecule has 0 saturated heterocycles. The number of nitrogens with zero attached hydrogens (tertiary/aromatic N) is 2. The van der Waals surface area contributed by atoms with Crippen molar-refractivity contribution in [2.75, 3.05) is 14.1 Å². The molecule has 0 aromatic carbocycles. The minimum Gasteiger partial charge on any atom is -0.288 e. The Morgan fingerprint density at radius 3 is 2.00 bits per heavy atom. The van der Waals surface area contributed by atoms with Crippen LogP contribution in [0.1, 0.15) is 6.92 Å². The van der Waals surface area contributed by atoms with Gasteiger partial charge in [-0.1, -0.05) is 0 Å². The van der Waals surface area contributed by atoms with Gasteiger partial charge in [0.15, 0.2) is 0 Å². The van der Waals surface area contributed by atoms with Gasteiger partial charge in [-0.2, -0.15) is 0 Å². The molecule has 1 atom stereocenters. The summed E-state index contributed by atoms with van der Waals surface area (Å²) in [6, 6.07) is 0. The third-order valence-corrected chi connectivity index (χ3v) is 1.01. The largest absolute Gasteiger partial charge is 0.288 e. The van der Waals surface area contributed by atoms with Gasteiger partial charge in [0, 0.05) is 0 Å². The fraction of sp³-hybridized carbons (Fsp3) is 0.800. The van der Waals surface area contributed by atoms with Crippen LogP contribution in [0.25, 0.3) is 0 Å². The van der Waals surface area contributed by atoms with Crippen LogP contribution in [-0.2, 0) is 0 Å². The first-order valence-corrected chi connectivity index (χ1v) is 2.30. The molecule has 0 bridgehead atoms. The van der Waals surface area contributed by atoms with E-state index in [1.54, 1.807) is 0 Å². The third kappa shape index (κ3) is 2.34. The molecule has 0 aliphatic heterocycles. The maximum absolute atomic E-state index is 3.76. The minimum atomic E-state index is 0.250. The average molecular weight is 100 g/mol. The van der Waals surface area contributed by atoms with Crippen molar-refractivity contribution in [2.45, 2.75) is 13.1 Å². The maximum Gasteiger partial charge on any atom is 0.0978 e. The average Bonchev–Trinajstić information content (AvgIpc) is 1.65. The summed E-state index contributed by atoms with van der Waals surface area (Å²) in [5.74, 6) is 0. The quantitative estimate of drug-likeness (QED) is 0.464. The lowest BCUT2D eigenvalue weighted by Gasteiger charge is -2.12. The fourth-order valence-corrected chi connectivity index (χ4v) is 0.163. The Kier molecular flexibility index (Phi) is 2.60. The predicted octanol–water partition coefficient (Wildman–Crippen LogP) is 0.595. The van der Waals surface area contributed by atoms with Crippen LogP contribution >= 0.6 is 0 Å². The van der Waals surface area contributed by atoms with Crippen molar-refractivity contribution in [3.63, 3.8) is 0 Å². The molecule has 0 radical (unpaired) electrons. The summed E-state index contributed by atoms with van der Waals surface area (Å²) in [6.45, 7) is 5.38. The zero-order valence-electron chi connectivity index (χ0n) is 5.18. The molecule has 0 aromatic heterocycles. The first-order valence-electron chi connectivity index (χ1n) is 2.30. The molecule has 2 nitrogen and oxygen atoms in total. The van der Waals surface area contributed by atoms with Crippen molar-refractivity contribution in [3.8, 4) is 0 Å². The fourth-order valence-electron chi connectivity index (χ4n) is 0.163. The highest BCUT2D eigenvalue weighted by Crippen LogP contribution is 1.88. The lowest BCUT2D eigenvalue weighted by molar-refractivity contribution is 0.325. The Morgan fingerprint density at radius 1 is 1.57 bits per heavy atom. The van der Waals surface area contributed by atoms with Crippen molar-refractivity contribution >= 4 is 6.72 Å². The van der Waals surface area contributed by atoms with Crippen LogP contribution in [0.5, 0.6) is 0 Å². The first kappa shape index (κ1) is 6.63. The molecule has 1 unspecified atom stereocenters. The highest BCUT2D eigenvalue weighted by atomic mass is 15.2. The monoisotopic (exact) mass is 100 g/mol. The summed E-state index contributed by atoms with van der Waals surface area (Å²) in [5.41, 5.74) is 0. The van der Waals surface area contributed by atoms with Gasteiger partial charge in [0.2, 0.25) is 0 Å². The van der Waals surface area contributed by atoms with Gasteiger partial charge in [0.1, 0.15) is 0 Å². The van der Waals surface area contributed by atoms with Crippen molar-refractivity contribution < 1.29 is 0 Å². The summed E-state index contributed by atoms with van der Waals surface area (Å²) < 4.78 is 0. The van der Waals surface area contributed by atoms with Crippen molar-refractivity contribution in [1.29, 1.82) is 0 Å². The summed E-state index contributed by atoms with van der Waals surface area (Å²) in [6.07, 6.45) is 0.250. The second-order valence-electron chi connectivity index (χ2n) is 1.78. The van der Waals surface area contributed by atoms with Crippen molar-refractivity contribution in [2.24, 2.45) is 4.99 Å². The molecule has 0 fully saturated rings. The molecule has 0 aliphatic carbocycles. The molecular formula is C5H12N2. The van der Waals surface area contributed by atoms with E-state index in [4.69, 9.17) is 0 Å². The molecule has 0 spiro atoms. The first-order chi connectivity index (χ1) is 3.18. The molecule has 0 saturated carbocycles. The predicted molar refractivity (Wildman–Crippen MR) is 32.7 cm³/mol. The SMILES string of the molecule is C=NC(C)N(C)C. The molecule has 0 amide bonds. The van der Waals surface area contributed by atoms with Gasteiger partial charge in [-0.05, 0) is 27.7 Å². The number of rotatable bonds is 2. The van der Waals surface area contributed by atoms with E-state index in [0.717, 1.165) is 0 Å². The summed E-state index contributed by atoms with van der Waals surface area (Å²) in [5, 5.41) is 0. The molecule has 0 rings (SSSR count). The molecule has 0 aromatic rings. The molecule has 0 N–H and O–H groups in total. The van der Waals surface area contributed by atoms with Crippen LogP contribution in [0.15, 0.2) is 4.99 Å². The van der Waals surface area contributed by atoms with Crippen LogP contribution in [-0.4, -0.2) is 31.9 Å². The zero-order valence-corrected chi connectivity index (χ0v) is 5.18. The van der Waals surface area contributed by atoms with Crippen LogP contribution in [0.2, 0.25) is 0 Å². The van der Waals surface area contributed by atoms with E-state index >= 15 is 0 Å². The molecule has 42 valence electrons. The molecule has 7 heavy (non-hydrogen) atoms. The highest BCUT2D eigenvalue weighted by Gasteiger charge is 1.94. The Morgan fingerprint density at radius 2 is 2.00 bits per heavy atom. The Labute approximate surface area is 44.9 Å². The van der Waals surface area contributed by atoms with E-state index in [9.17, 15) is 0 Å². The zero-order chi connectivity index (χ0) is 5.86. The van der Waals surface area contributed by atoms with Crippen LogP contribution in [0, 0.1) is 0 Å². The van der Waals surface area contributed by atoms with E-state index in [0.29, 0.717) is 0 Å². The van der Waals surface area contributed by atoms with Gasteiger partial charge in [0.05, 0.1) is 6.17 Å². The van der Waals surface area contributed by atoms with Crippen molar-refractivity contribution in [1.82, 2.24) is 4.90 Å². The summed E-state index contributed by atoms with van der Waals surface area (Å²) in [7, 11) is 3.94. The standard InChI is InChI=1S/C5H12N2/c1-5(6-2)7(3)4/h5H,2H2,1,3-4H3. The van der Waals surface area contributed by atoms with Gasteiger partial charge in [-0.15, -0.1) is 0 Å². The normalized spacial score (nSPS) is 14.3. The minimum absolute atomic E-state index is 0.250. The van der Waals surface area contributed by atoms with Gasteiger partial charge >= 0.3 is 0 Å². The van der Waals surface area contributed by atoms with Gasteiger partial charge in [-0.25, -0.2) is 0 Å². The topological polar surface area (TPSA) is 15.6 Å². The number of hydrogen-bond acceptors (Lipinski definition) is 2. The smallest absolute Gasteiger partial charge is 0.0978 e. The lowest BCUT2D eigenvalue weighted by Crippen LogP contribution is -2.21. The maximum atomic E-state index is 3.76. The molecular weight excluding hydrogens is 88.1 g/mol. The second kappa shape index (κ2) is 2.75. The van der Waals surface area contributed by atoms with Gasteiger partial charge in [-0.3, -0.25) is 9.89 Å². The van der Waals surface area contributed by atoms with Crippen LogP contribution < -0.4 is 0 Å². The van der Waals surface area contributed by atoms with E-state index in [1.807, 2.05) is 25.9 Å². The van der Waals surface area contributed by atoms with E-state index in [1.165, 1.54) is 0 Å². The highest BCUT2D eigenvalue weighted by molar-refractivity contribution is 5.23. The van der Waals surface area contributed by atoms with Crippen LogP contribution in [0.3, 0.4) is 0 Å². The summed E-state index contributed by atoms with van der Waals surface area (Å²) >= 11 is 0. The van der Waals surface area contributed by atoms with E-state index in [2.05, 4.69) is 11.7 Å². The van der Waals surface area contributed by atoms with E-state index < -0.39 is 0 Å².